The second kappa shape index (κ2) is 6.60. The molecule has 1 fully saturated rings. The number of anilines is 1. The maximum atomic E-state index is 12.1. The molecule has 1 aromatic carbocycles. The van der Waals surface area contributed by atoms with Crippen molar-refractivity contribution in [1.29, 1.82) is 0 Å². The summed E-state index contributed by atoms with van der Waals surface area (Å²) in [7, 11) is 1.80. The first kappa shape index (κ1) is 13.9. The number of hydrogen-bond acceptors (Lipinski definition) is 2. The van der Waals surface area contributed by atoms with E-state index in [9.17, 15) is 9.90 Å². The Morgan fingerprint density at radius 2 is 1.84 bits per heavy atom. The monoisotopic (exact) mass is 261 g/mol. The summed E-state index contributed by atoms with van der Waals surface area (Å²) in [6, 6.07) is 6.77. The molecule has 1 aliphatic carbocycles. The topological polar surface area (TPSA) is 40.5 Å². The zero-order valence-electron chi connectivity index (χ0n) is 11.6. The van der Waals surface area contributed by atoms with Gasteiger partial charge in [0.15, 0.2) is 0 Å². The van der Waals surface area contributed by atoms with Crippen molar-refractivity contribution in [2.24, 2.45) is 5.92 Å². The molecular formula is C16H23NO2. The molecule has 3 heteroatoms. The number of rotatable bonds is 4. The number of benzene rings is 1. The van der Waals surface area contributed by atoms with Crippen LogP contribution in [-0.2, 0) is 4.79 Å². The summed E-state index contributed by atoms with van der Waals surface area (Å²) in [4.78, 5) is 13.8. The predicted molar refractivity (Wildman–Crippen MR) is 77.3 cm³/mol. The van der Waals surface area contributed by atoms with Crippen molar-refractivity contribution in [2.75, 3.05) is 11.9 Å². The van der Waals surface area contributed by atoms with E-state index in [0.29, 0.717) is 6.42 Å². The van der Waals surface area contributed by atoms with Gasteiger partial charge in [0, 0.05) is 19.2 Å². The number of nitrogens with zero attached hydrogens (tertiary/aromatic N) is 1. The van der Waals surface area contributed by atoms with Crippen molar-refractivity contribution in [3.63, 3.8) is 0 Å². The van der Waals surface area contributed by atoms with E-state index < -0.39 is 0 Å². The zero-order valence-corrected chi connectivity index (χ0v) is 11.6. The molecule has 0 saturated heterocycles. The second-order valence-corrected chi connectivity index (χ2v) is 5.51. The van der Waals surface area contributed by atoms with Gasteiger partial charge in [-0.1, -0.05) is 32.1 Å². The van der Waals surface area contributed by atoms with Gasteiger partial charge in [-0.15, -0.1) is 0 Å². The molecule has 0 radical (unpaired) electrons. The number of phenolic OH excluding ortho intramolecular Hbond substituents is 1. The normalized spacial score (nSPS) is 16.3. The van der Waals surface area contributed by atoms with Crippen LogP contribution in [0.25, 0.3) is 0 Å². The fourth-order valence-corrected chi connectivity index (χ4v) is 2.79. The first-order chi connectivity index (χ1) is 9.16. The van der Waals surface area contributed by atoms with Crippen molar-refractivity contribution < 1.29 is 9.90 Å². The fraction of sp³-hybridized carbons (Fsp3) is 0.562. The molecule has 104 valence electrons. The lowest BCUT2D eigenvalue weighted by Crippen LogP contribution is -2.26. The smallest absolute Gasteiger partial charge is 0.226 e. The quantitative estimate of drug-likeness (QED) is 0.897. The maximum Gasteiger partial charge on any atom is 0.226 e. The summed E-state index contributed by atoms with van der Waals surface area (Å²) in [5.74, 6) is 1.13. The van der Waals surface area contributed by atoms with Gasteiger partial charge in [0.25, 0.3) is 0 Å². The van der Waals surface area contributed by atoms with Crippen molar-refractivity contribution in [3.8, 4) is 5.75 Å². The third kappa shape index (κ3) is 3.98. The lowest BCUT2D eigenvalue weighted by molar-refractivity contribution is -0.118. The van der Waals surface area contributed by atoms with Crippen molar-refractivity contribution in [2.45, 2.75) is 44.9 Å². The lowest BCUT2D eigenvalue weighted by atomic mass is 9.86. The lowest BCUT2D eigenvalue weighted by Gasteiger charge is -2.23. The molecule has 0 aromatic heterocycles. The number of phenols is 1. The van der Waals surface area contributed by atoms with Crippen LogP contribution in [0.4, 0.5) is 5.69 Å². The first-order valence-electron chi connectivity index (χ1n) is 7.22. The predicted octanol–water partition coefficient (Wildman–Crippen LogP) is 3.72. The van der Waals surface area contributed by atoms with Crippen LogP contribution in [0, 0.1) is 5.92 Å². The SMILES string of the molecule is CN(C(=O)CCC1CCCCC1)c1ccc(O)cc1. The second-order valence-electron chi connectivity index (χ2n) is 5.51. The summed E-state index contributed by atoms with van der Waals surface area (Å²) >= 11 is 0. The van der Waals surface area contributed by atoms with Gasteiger partial charge in [-0.2, -0.15) is 0 Å². The van der Waals surface area contributed by atoms with Crippen molar-refractivity contribution >= 4 is 11.6 Å². The van der Waals surface area contributed by atoms with E-state index in [1.165, 1.54) is 32.1 Å². The van der Waals surface area contributed by atoms with Crippen LogP contribution in [0.3, 0.4) is 0 Å². The van der Waals surface area contributed by atoms with E-state index in [1.807, 2.05) is 0 Å². The van der Waals surface area contributed by atoms with E-state index in [2.05, 4.69) is 0 Å². The van der Waals surface area contributed by atoms with E-state index in [1.54, 1.807) is 36.2 Å². The molecule has 0 atom stereocenters. The van der Waals surface area contributed by atoms with Crippen LogP contribution in [0.1, 0.15) is 44.9 Å². The summed E-state index contributed by atoms with van der Waals surface area (Å²) in [5.41, 5.74) is 0.839. The van der Waals surface area contributed by atoms with Gasteiger partial charge in [0.2, 0.25) is 5.91 Å². The summed E-state index contributed by atoms with van der Waals surface area (Å²) in [6.45, 7) is 0. The van der Waals surface area contributed by atoms with E-state index in [4.69, 9.17) is 0 Å². The molecule has 1 aromatic rings. The van der Waals surface area contributed by atoms with E-state index in [-0.39, 0.29) is 11.7 Å². The van der Waals surface area contributed by atoms with Gasteiger partial charge in [0.1, 0.15) is 5.75 Å². The van der Waals surface area contributed by atoms with Crippen LogP contribution in [0.5, 0.6) is 5.75 Å². The van der Waals surface area contributed by atoms with Crippen LogP contribution in [0.15, 0.2) is 24.3 Å². The first-order valence-corrected chi connectivity index (χ1v) is 7.22. The number of hydrogen-bond donors (Lipinski definition) is 1. The largest absolute Gasteiger partial charge is 0.508 e. The Kier molecular flexibility index (Phi) is 4.83. The summed E-state index contributed by atoms with van der Waals surface area (Å²) in [6.07, 6.45) is 8.23. The number of amides is 1. The maximum absolute atomic E-state index is 12.1. The molecule has 0 heterocycles. The third-order valence-corrected chi connectivity index (χ3v) is 4.10. The molecular weight excluding hydrogens is 238 g/mol. The Bertz CT molecular complexity index is 407. The number of aromatic hydroxyl groups is 1. The van der Waals surface area contributed by atoms with Crippen LogP contribution < -0.4 is 4.90 Å². The van der Waals surface area contributed by atoms with Crippen LogP contribution in [-0.4, -0.2) is 18.1 Å². The average Bonchev–Trinajstić information content (AvgIpc) is 2.46. The standard InChI is InChI=1S/C16H23NO2/c1-17(14-8-10-15(18)11-9-14)16(19)12-7-13-5-3-2-4-6-13/h8-11,13,18H,2-7,12H2,1H3. The summed E-state index contributed by atoms with van der Waals surface area (Å²) in [5, 5.41) is 9.25. The average molecular weight is 261 g/mol. The van der Waals surface area contributed by atoms with Crippen LogP contribution in [0.2, 0.25) is 0 Å². The minimum atomic E-state index is 0.163. The minimum Gasteiger partial charge on any atom is -0.508 e. The molecule has 19 heavy (non-hydrogen) atoms. The van der Waals surface area contributed by atoms with Crippen LogP contribution >= 0.6 is 0 Å². The van der Waals surface area contributed by atoms with Gasteiger partial charge in [-0.05, 0) is 36.6 Å². The molecule has 1 saturated carbocycles. The molecule has 1 aliphatic rings. The number of carbonyl (C=O) groups excluding carboxylic acids is 1. The van der Waals surface area contributed by atoms with Crippen molar-refractivity contribution in [3.05, 3.63) is 24.3 Å². The molecule has 0 spiro atoms. The van der Waals surface area contributed by atoms with E-state index in [0.717, 1.165) is 18.0 Å². The van der Waals surface area contributed by atoms with Gasteiger partial charge in [-0.3, -0.25) is 4.79 Å². The fourth-order valence-electron chi connectivity index (χ4n) is 2.79. The zero-order chi connectivity index (χ0) is 13.7. The molecule has 1 N–H and O–H groups in total. The highest BCUT2D eigenvalue weighted by atomic mass is 16.3. The Morgan fingerprint density at radius 3 is 2.47 bits per heavy atom. The Balaban J connectivity index is 1.83. The molecule has 0 aliphatic heterocycles. The highest BCUT2D eigenvalue weighted by molar-refractivity contribution is 5.92. The Morgan fingerprint density at radius 1 is 1.21 bits per heavy atom. The molecule has 1 amide bonds. The van der Waals surface area contributed by atoms with Gasteiger partial charge in [0.05, 0.1) is 0 Å². The molecule has 2 rings (SSSR count). The molecule has 0 unspecified atom stereocenters. The van der Waals surface area contributed by atoms with Gasteiger partial charge in [-0.25, -0.2) is 0 Å². The molecule has 0 bridgehead atoms. The Labute approximate surface area is 115 Å². The summed E-state index contributed by atoms with van der Waals surface area (Å²) < 4.78 is 0. The Hall–Kier alpha value is -1.51. The molecule has 3 nitrogen and oxygen atoms in total. The van der Waals surface area contributed by atoms with E-state index >= 15 is 0 Å². The minimum absolute atomic E-state index is 0.163. The highest BCUT2D eigenvalue weighted by Crippen LogP contribution is 2.28. The van der Waals surface area contributed by atoms with Crippen molar-refractivity contribution in [1.82, 2.24) is 0 Å². The highest BCUT2D eigenvalue weighted by Gasteiger charge is 2.17. The van der Waals surface area contributed by atoms with Gasteiger partial charge >= 0.3 is 0 Å². The third-order valence-electron chi connectivity index (χ3n) is 4.10. The van der Waals surface area contributed by atoms with Gasteiger partial charge < -0.3 is 10.0 Å². The number of carbonyl (C=O) groups is 1.